The zero-order valence-corrected chi connectivity index (χ0v) is 12.2. The van der Waals surface area contributed by atoms with Crippen molar-refractivity contribution in [3.63, 3.8) is 0 Å². The maximum Gasteiger partial charge on any atom is 0.416 e. The largest absolute Gasteiger partial charge is 0.494 e. The second kappa shape index (κ2) is 6.97. The van der Waals surface area contributed by atoms with Gasteiger partial charge < -0.3 is 10.1 Å². The molecule has 0 spiro atoms. The van der Waals surface area contributed by atoms with Crippen molar-refractivity contribution in [2.75, 3.05) is 13.2 Å². The minimum Gasteiger partial charge on any atom is -0.494 e. The van der Waals surface area contributed by atoms with Gasteiger partial charge in [-0.05, 0) is 58.4 Å². The van der Waals surface area contributed by atoms with Crippen LogP contribution >= 0.6 is 0 Å². The van der Waals surface area contributed by atoms with Gasteiger partial charge in [-0.15, -0.1) is 0 Å². The molecule has 0 aromatic heterocycles. The maximum absolute atomic E-state index is 12.5. The summed E-state index contributed by atoms with van der Waals surface area (Å²) in [5, 5.41) is 3.35. The number of rotatable bonds is 6. The van der Waals surface area contributed by atoms with E-state index in [-0.39, 0.29) is 11.3 Å². The second-order valence-electron chi connectivity index (χ2n) is 5.76. The van der Waals surface area contributed by atoms with Gasteiger partial charge in [0.05, 0.1) is 12.2 Å². The van der Waals surface area contributed by atoms with Crippen LogP contribution in [0, 0.1) is 0 Å². The van der Waals surface area contributed by atoms with Crippen LogP contribution in [0.4, 0.5) is 13.2 Å². The third-order valence-corrected chi connectivity index (χ3v) is 2.66. The predicted molar refractivity (Wildman–Crippen MR) is 73.9 cm³/mol. The van der Waals surface area contributed by atoms with Gasteiger partial charge in [-0.1, -0.05) is 6.07 Å². The Morgan fingerprint density at radius 3 is 2.40 bits per heavy atom. The highest BCUT2D eigenvalue weighted by atomic mass is 19.4. The molecular formula is C15H22F3NO. The summed E-state index contributed by atoms with van der Waals surface area (Å²) in [5.41, 5.74) is -0.591. The zero-order chi connectivity index (χ0) is 15.2. The second-order valence-corrected chi connectivity index (χ2v) is 5.76. The number of alkyl halides is 3. The van der Waals surface area contributed by atoms with Crippen molar-refractivity contribution in [2.24, 2.45) is 0 Å². The van der Waals surface area contributed by atoms with E-state index in [1.54, 1.807) is 6.07 Å². The van der Waals surface area contributed by atoms with Crippen LogP contribution in [0.5, 0.6) is 5.75 Å². The predicted octanol–water partition coefficient (Wildman–Crippen LogP) is 4.25. The minimum atomic E-state index is -4.32. The smallest absolute Gasteiger partial charge is 0.416 e. The molecule has 0 radical (unpaired) electrons. The molecular weight excluding hydrogens is 267 g/mol. The van der Waals surface area contributed by atoms with Gasteiger partial charge in [-0.25, -0.2) is 0 Å². The highest BCUT2D eigenvalue weighted by Crippen LogP contribution is 2.31. The van der Waals surface area contributed by atoms with Crippen molar-refractivity contribution >= 4 is 0 Å². The van der Waals surface area contributed by atoms with Gasteiger partial charge in [0.2, 0.25) is 0 Å². The molecule has 5 heteroatoms. The monoisotopic (exact) mass is 289 g/mol. The summed E-state index contributed by atoms with van der Waals surface area (Å²) in [7, 11) is 0. The van der Waals surface area contributed by atoms with Gasteiger partial charge in [0.1, 0.15) is 5.75 Å². The van der Waals surface area contributed by atoms with Gasteiger partial charge in [0.25, 0.3) is 0 Å². The third-order valence-electron chi connectivity index (χ3n) is 2.66. The third kappa shape index (κ3) is 6.80. The summed E-state index contributed by atoms with van der Waals surface area (Å²) in [6, 6.07) is 4.98. The number of benzene rings is 1. The van der Waals surface area contributed by atoms with E-state index in [2.05, 4.69) is 26.1 Å². The number of halogens is 3. The summed E-state index contributed by atoms with van der Waals surface area (Å²) in [6.45, 7) is 7.56. The van der Waals surface area contributed by atoms with E-state index in [4.69, 9.17) is 4.74 Å². The topological polar surface area (TPSA) is 21.3 Å². The lowest BCUT2D eigenvalue weighted by Crippen LogP contribution is -2.36. The highest BCUT2D eigenvalue weighted by molar-refractivity contribution is 5.30. The average Bonchev–Trinajstić information content (AvgIpc) is 2.31. The molecule has 20 heavy (non-hydrogen) atoms. The van der Waals surface area contributed by atoms with Crippen LogP contribution < -0.4 is 10.1 Å². The first-order valence-electron chi connectivity index (χ1n) is 6.73. The number of hydrogen-bond acceptors (Lipinski definition) is 2. The Labute approximate surface area is 118 Å². The van der Waals surface area contributed by atoms with Crippen LogP contribution in [0.15, 0.2) is 24.3 Å². The van der Waals surface area contributed by atoms with Gasteiger partial charge in [0, 0.05) is 5.54 Å². The molecule has 1 aromatic carbocycles. The molecule has 114 valence electrons. The fourth-order valence-electron chi connectivity index (χ4n) is 1.64. The Morgan fingerprint density at radius 2 is 1.80 bits per heavy atom. The molecule has 1 rings (SSSR count). The van der Waals surface area contributed by atoms with Crippen molar-refractivity contribution < 1.29 is 17.9 Å². The SMILES string of the molecule is CC(C)(C)NCCCCOc1cccc(C(F)(F)F)c1. The van der Waals surface area contributed by atoms with E-state index < -0.39 is 11.7 Å². The Bertz CT molecular complexity index is 410. The van der Waals surface area contributed by atoms with Crippen molar-refractivity contribution in [1.82, 2.24) is 5.32 Å². The molecule has 0 aliphatic carbocycles. The van der Waals surface area contributed by atoms with Gasteiger partial charge in [-0.2, -0.15) is 13.2 Å². The molecule has 1 N–H and O–H groups in total. The van der Waals surface area contributed by atoms with E-state index in [0.29, 0.717) is 6.61 Å². The van der Waals surface area contributed by atoms with Crippen molar-refractivity contribution in [3.8, 4) is 5.75 Å². The van der Waals surface area contributed by atoms with Crippen LogP contribution in [-0.2, 0) is 6.18 Å². The van der Waals surface area contributed by atoms with Crippen LogP contribution in [0.3, 0.4) is 0 Å². The lowest BCUT2D eigenvalue weighted by molar-refractivity contribution is -0.137. The van der Waals surface area contributed by atoms with Crippen molar-refractivity contribution in [1.29, 1.82) is 0 Å². The number of unbranched alkanes of at least 4 members (excludes halogenated alkanes) is 1. The van der Waals surface area contributed by atoms with E-state index in [0.717, 1.165) is 31.5 Å². The molecule has 0 amide bonds. The number of ether oxygens (including phenoxy) is 1. The molecule has 0 aliphatic heterocycles. The van der Waals surface area contributed by atoms with Crippen LogP contribution in [-0.4, -0.2) is 18.7 Å². The van der Waals surface area contributed by atoms with Gasteiger partial charge in [-0.3, -0.25) is 0 Å². The molecule has 0 fully saturated rings. The molecule has 0 unspecified atom stereocenters. The molecule has 2 nitrogen and oxygen atoms in total. The van der Waals surface area contributed by atoms with E-state index >= 15 is 0 Å². The number of nitrogens with one attached hydrogen (secondary N) is 1. The Morgan fingerprint density at radius 1 is 1.10 bits per heavy atom. The fourth-order valence-corrected chi connectivity index (χ4v) is 1.64. The van der Waals surface area contributed by atoms with E-state index in [9.17, 15) is 13.2 Å². The molecule has 0 saturated heterocycles. The molecule has 0 aliphatic rings. The van der Waals surface area contributed by atoms with E-state index in [1.165, 1.54) is 6.07 Å². The Balaban J connectivity index is 2.29. The first-order chi connectivity index (χ1) is 9.18. The van der Waals surface area contributed by atoms with Crippen molar-refractivity contribution in [3.05, 3.63) is 29.8 Å². The summed E-state index contributed by atoms with van der Waals surface area (Å²) >= 11 is 0. The molecule has 0 saturated carbocycles. The molecule has 0 atom stereocenters. The van der Waals surface area contributed by atoms with Crippen molar-refractivity contribution in [2.45, 2.75) is 45.3 Å². The normalized spacial score (nSPS) is 12.5. The highest BCUT2D eigenvalue weighted by Gasteiger charge is 2.30. The first-order valence-corrected chi connectivity index (χ1v) is 6.73. The summed E-state index contributed by atoms with van der Waals surface area (Å²) in [4.78, 5) is 0. The van der Waals surface area contributed by atoms with Crippen LogP contribution in [0.2, 0.25) is 0 Å². The molecule has 0 heterocycles. The van der Waals surface area contributed by atoms with Crippen LogP contribution in [0.25, 0.3) is 0 Å². The number of hydrogen-bond donors (Lipinski definition) is 1. The van der Waals surface area contributed by atoms with Gasteiger partial charge >= 0.3 is 6.18 Å². The standard InChI is InChI=1S/C15H22F3NO/c1-14(2,3)19-9-4-5-10-20-13-8-6-7-12(11-13)15(16,17)18/h6-8,11,19H,4-5,9-10H2,1-3H3. The summed E-state index contributed by atoms with van der Waals surface area (Å²) in [6.07, 6.45) is -2.59. The fraction of sp³-hybridized carbons (Fsp3) is 0.600. The lowest BCUT2D eigenvalue weighted by Gasteiger charge is -2.20. The maximum atomic E-state index is 12.5. The minimum absolute atomic E-state index is 0.0852. The molecule has 1 aromatic rings. The average molecular weight is 289 g/mol. The molecule has 0 bridgehead atoms. The Kier molecular flexibility index (Phi) is 5.87. The summed E-state index contributed by atoms with van der Waals surface area (Å²) < 4.78 is 42.9. The van der Waals surface area contributed by atoms with E-state index in [1.807, 2.05) is 0 Å². The zero-order valence-electron chi connectivity index (χ0n) is 12.2. The van der Waals surface area contributed by atoms with Gasteiger partial charge in [0.15, 0.2) is 0 Å². The lowest BCUT2D eigenvalue weighted by atomic mass is 10.1. The Hall–Kier alpha value is -1.23. The van der Waals surface area contributed by atoms with Crippen LogP contribution in [0.1, 0.15) is 39.2 Å². The first kappa shape index (κ1) is 16.8. The quantitative estimate of drug-likeness (QED) is 0.790. The summed E-state index contributed by atoms with van der Waals surface area (Å²) in [5.74, 6) is 0.267.